The molecule has 0 N–H and O–H groups in total. The van der Waals surface area contributed by atoms with Gasteiger partial charge >= 0.3 is 0 Å². The van der Waals surface area contributed by atoms with Crippen LogP contribution in [0.3, 0.4) is 0 Å². The highest BCUT2D eigenvalue weighted by molar-refractivity contribution is 6.08. The molecule has 0 aromatic rings. The van der Waals surface area contributed by atoms with Crippen LogP contribution in [0.25, 0.3) is 0 Å². The Bertz CT molecular complexity index is 214. The molecule has 1 unspecified atom stereocenters. The molecule has 1 saturated carbocycles. The Labute approximate surface area is 79.0 Å². The van der Waals surface area contributed by atoms with Crippen LogP contribution in [0.1, 0.15) is 32.6 Å². The second-order valence-electron chi connectivity index (χ2n) is 3.78. The lowest BCUT2D eigenvalue weighted by atomic mass is 9.94. The fourth-order valence-corrected chi connectivity index (χ4v) is 1.64. The van der Waals surface area contributed by atoms with Crippen LogP contribution in [0.15, 0.2) is 12.7 Å². The molecule has 1 aliphatic carbocycles. The summed E-state index contributed by atoms with van der Waals surface area (Å²) in [6.07, 6.45) is 4.40. The van der Waals surface area contributed by atoms with E-state index in [9.17, 15) is 9.59 Å². The summed E-state index contributed by atoms with van der Waals surface area (Å²) >= 11 is 0. The third-order valence-electron chi connectivity index (χ3n) is 2.71. The zero-order chi connectivity index (χ0) is 9.84. The van der Waals surface area contributed by atoms with E-state index in [1.807, 2.05) is 6.08 Å². The van der Waals surface area contributed by atoms with Crippen LogP contribution in [-0.2, 0) is 9.59 Å². The molecule has 1 rings (SSSR count). The summed E-state index contributed by atoms with van der Waals surface area (Å²) in [7, 11) is 0. The van der Waals surface area contributed by atoms with E-state index >= 15 is 0 Å². The molecule has 0 heterocycles. The smallest absolute Gasteiger partial charge is 0.143 e. The maximum Gasteiger partial charge on any atom is 0.143 e. The maximum atomic E-state index is 11.2. The molecule has 72 valence electrons. The van der Waals surface area contributed by atoms with Crippen molar-refractivity contribution in [1.82, 2.24) is 0 Å². The Morgan fingerprint density at radius 2 is 2.00 bits per heavy atom. The summed E-state index contributed by atoms with van der Waals surface area (Å²) in [6.45, 7) is 5.73. The molecule has 0 radical (unpaired) electrons. The number of hydrogen-bond donors (Lipinski definition) is 0. The van der Waals surface area contributed by atoms with Gasteiger partial charge in [-0.15, -0.1) is 6.58 Å². The van der Waals surface area contributed by atoms with Gasteiger partial charge in [-0.3, -0.25) is 9.59 Å². The van der Waals surface area contributed by atoms with Gasteiger partial charge in [-0.1, -0.05) is 13.0 Å². The van der Waals surface area contributed by atoms with Crippen LogP contribution in [0.2, 0.25) is 0 Å². The minimum Gasteiger partial charge on any atom is -0.299 e. The Balaban J connectivity index is 2.39. The van der Waals surface area contributed by atoms with Crippen LogP contribution in [0.5, 0.6) is 0 Å². The second-order valence-corrected chi connectivity index (χ2v) is 3.78. The van der Waals surface area contributed by atoms with E-state index in [-0.39, 0.29) is 17.5 Å². The number of Topliss-reactive ketones (excluding diaryl/α,β-unsaturated/α-hetero) is 2. The minimum absolute atomic E-state index is 0.140. The monoisotopic (exact) mass is 180 g/mol. The third kappa shape index (κ3) is 2.51. The van der Waals surface area contributed by atoms with Crippen LogP contribution < -0.4 is 0 Å². The lowest BCUT2D eigenvalue weighted by molar-refractivity contribution is -0.127. The van der Waals surface area contributed by atoms with Crippen molar-refractivity contribution in [2.45, 2.75) is 32.6 Å². The highest BCUT2D eigenvalue weighted by Crippen LogP contribution is 2.24. The van der Waals surface area contributed by atoms with Gasteiger partial charge < -0.3 is 0 Å². The lowest BCUT2D eigenvalue weighted by Gasteiger charge is -2.08. The summed E-state index contributed by atoms with van der Waals surface area (Å²) in [6, 6.07) is 0. The van der Waals surface area contributed by atoms with E-state index < -0.39 is 0 Å². The van der Waals surface area contributed by atoms with Gasteiger partial charge in [0.15, 0.2) is 0 Å². The highest BCUT2D eigenvalue weighted by Gasteiger charge is 2.32. The van der Waals surface area contributed by atoms with E-state index in [1.165, 1.54) is 0 Å². The van der Waals surface area contributed by atoms with Gasteiger partial charge in [0.2, 0.25) is 0 Å². The summed E-state index contributed by atoms with van der Waals surface area (Å²) in [5.74, 6) is 0.395. The van der Waals surface area contributed by atoms with Gasteiger partial charge in [0, 0.05) is 12.8 Å². The third-order valence-corrected chi connectivity index (χ3v) is 2.71. The zero-order valence-electron chi connectivity index (χ0n) is 8.08. The standard InChI is InChI=1S/C11H16O2/c1-3-8(2)4-5-9-10(12)6-7-11(9)13/h3,8-9H,1,4-7H2,2H3. The average molecular weight is 180 g/mol. The summed E-state index contributed by atoms with van der Waals surface area (Å²) in [4.78, 5) is 22.5. The minimum atomic E-state index is -0.289. The van der Waals surface area contributed by atoms with Gasteiger partial charge in [0.25, 0.3) is 0 Å². The van der Waals surface area contributed by atoms with Crippen molar-refractivity contribution in [3.05, 3.63) is 12.7 Å². The Kier molecular flexibility index (Phi) is 3.40. The molecule has 0 aromatic heterocycles. The zero-order valence-corrected chi connectivity index (χ0v) is 8.08. The molecule has 0 spiro atoms. The molecule has 0 aromatic carbocycles. The van der Waals surface area contributed by atoms with Crippen molar-refractivity contribution in [2.75, 3.05) is 0 Å². The molecule has 1 atom stereocenters. The molecule has 0 aliphatic heterocycles. The van der Waals surface area contributed by atoms with Gasteiger partial charge in [-0.25, -0.2) is 0 Å². The predicted octanol–water partition coefficient (Wildman–Crippen LogP) is 2.14. The molecular weight excluding hydrogens is 164 g/mol. The van der Waals surface area contributed by atoms with Gasteiger partial charge in [0.05, 0.1) is 5.92 Å². The van der Waals surface area contributed by atoms with Crippen molar-refractivity contribution in [2.24, 2.45) is 11.8 Å². The number of rotatable bonds is 4. The molecule has 2 nitrogen and oxygen atoms in total. The fraction of sp³-hybridized carbons (Fsp3) is 0.636. The van der Waals surface area contributed by atoms with Crippen molar-refractivity contribution in [3.8, 4) is 0 Å². The number of carbonyl (C=O) groups excluding carboxylic acids is 2. The van der Waals surface area contributed by atoms with E-state index in [1.54, 1.807) is 0 Å². The van der Waals surface area contributed by atoms with Crippen molar-refractivity contribution >= 4 is 11.6 Å². The molecule has 0 amide bonds. The number of carbonyl (C=O) groups is 2. The fourth-order valence-electron chi connectivity index (χ4n) is 1.64. The second kappa shape index (κ2) is 4.35. The summed E-state index contributed by atoms with van der Waals surface area (Å²) in [5.41, 5.74) is 0. The van der Waals surface area contributed by atoms with Crippen LogP contribution in [-0.4, -0.2) is 11.6 Å². The van der Waals surface area contributed by atoms with E-state index in [0.717, 1.165) is 6.42 Å². The average Bonchev–Trinajstić information content (AvgIpc) is 2.43. The van der Waals surface area contributed by atoms with E-state index in [0.29, 0.717) is 25.2 Å². The lowest BCUT2D eigenvalue weighted by Crippen LogP contribution is -2.14. The van der Waals surface area contributed by atoms with Gasteiger partial charge in [-0.05, 0) is 18.8 Å². The van der Waals surface area contributed by atoms with E-state index in [4.69, 9.17) is 0 Å². The van der Waals surface area contributed by atoms with Gasteiger partial charge in [-0.2, -0.15) is 0 Å². The Hall–Kier alpha value is -0.920. The van der Waals surface area contributed by atoms with Crippen LogP contribution in [0, 0.1) is 11.8 Å². The first-order valence-electron chi connectivity index (χ1n) is 4.83. The quantitative estimate of drug-likeness (QED) is 0.490. The van der Waals surface area contributed by atoms with Crippen LogP contribution >= 0.6 is 0 Å². The van der Waals surface area contributed by atoms with Crippen LogP contribution in [0.4, 0.5) is 0 Å². The molecular formula is C11H16O2. The highest BCUT2D eigenvalue weighted by atomic mass is 16.2. The van der Waals surface area contributed by atoms with E-state index in [2.05, 4.69) is 13.5 Å². The molecule has 1 aliphatic rings. The molecule has 0 bridgehead atoms. The Morgan fingerprint density at radius 1 is 1.46 bits per heavy atom. The predicted molar refractivity (Wildman–Crippen MR) is 51.3 cm³/mol. The van der Waals surface area contributed by atoms with Crippen molar-refractivity contribution < 1.29 is 9.59 Å². The maximum absolute atomic E-state index is 11.2. The summed E-state index contributed by atoms with van der Waals surface area (Å²) in [5, 5.41) is 0. The topological polar surface area (TPSA) is 34.1 Å². The van der Waals surface area contributed by atoms with Crippen molar-refractivity contribution in [3.63, 3.8) is 0 Å². The molecule has 0 saturated heterocycles. The Morgan fingerprint density at radius 3 is 2.46 bits per heavy atom. The molecule has 2 heteroatoms. The first-order valence-corrected chi connectivity index (χ1v) is 4.83. The number of ketones is 2. The largest absolute Gasteiger partial charge is 0.299 e. The number of allylic oxidation sites excluding steroid dienone is 1. The molecule has 13 heavy (non-hydrogen) atoms. The van der Waals surface area contributed by atoms with Crippen molar-refractivity contribution in [1.29, 1.82) is 0 Å². The first-order chi connectivity index (χ1) is 6.15. The first kappa shape index (κ1) is 10.2. The normalized spacial score (nSPS) is 20.7. The SMILES string of the molecule is C=CC(C)CCC1C(=O)CCC1=O. The van der Waals surface area contributed by atoms with Gasteiger partial charge in [0.1, 0.15) is 11.6 Å². The molecule has 1 fully saturated rings. The number of hydrogen-bond acceptors (Lipinski definition) is 2. The summed E-state index contributed by atoms with van der Waals surface area (Å²) < 4.78 is 0.